The van der Waals surface area contributed by atoms with Gasteiger partial charge in [0.2, 0.25) is 10.0 Å². The van der Waals surface area contributed by atoms with Crippen molar-refractivity contribution in [2.24, 2.45) is 0 Å². The Hall–Kier alpha value is -2.12. The molecule has 0 amide bonds. The summed E-state index contributed by atoms with van der Waals surface area (Å²) in [5, 5.41) is 0. The molecule has 3 rings (SSSR count). The molecule has 1 N–H and O–H groups in total. The van der Waals surface area contributed by atoms with Crippen LogP contribution in [0.5, 0.6) is 5.75 Å². The maximum Gasteiger partial charge on any atom is 0.211 e. The van der Waals surface area contributed by atoms with Gasteiger partial charge in [0.05, 0.1) is 13.4 Å². The SMILES string of the molecule is COc1ccc(F)cc1-c1c[nH]c(C2=CCN(S(C)(=O)=O)CC2)c1. The molecule has 5 nitrogen and oxygen atoms in total. The Kier molecular flexibility index (Phi) is 4.47. The maximum atomic E-state index is 13.5. The van der Waals surface area contributed by atoms with E-state index in [1.165, 1.54) is 22.7 Å². The summed E-state index contributed by atoms with van der Waals surface area (Å²) in [7, 11) is -1.61. The van der Waals surface area contributed by atoms with E-state index in [1.807, 2.05) is 12.1 Å². The lowest BCUT2D eigenvalue weighted by atomic mass is 10.0. The van der Waals surface area contributed by atoms with Crippen LogP contribution in [0.2, 0.25) is 0 Å². The molecule has 0 fully saturated rings. The average molecular weight is 350 g/mol. The first-order valence-corrected chi connectivity index (χ1v) is 9.40. The molecule has 0 spiro atoms. The molecule has 1 aromatic heterocycles. The smallest absolute Gasteiger partial charge is 0.211 e. The van der Waals surface area contributed by atoms with Crippen LogP contribution in [0.4, 0.5) is 4.39 Å². The molecule has 0 saturated carbocycles. The van der Waals surface area contributed by atoms with Gasteiger partial charge < -0.3 is 9.72 Å². The molecule has 2 heterocycles. The highest BCUT2D eigenvalue weighted by Gasteiger charge is 2.21. The molecule has 128 valence electrons. The van der Waals surface area contributed by atoms with Gasteiger partial charge in [-0.15, -0.1) is 0 Å². The predicted octanol–water partition coefficient (Wildman–Crippen LogP) is 2.88. The van der Waals surface area contributed by atoms with Crippen LogP contribution in [-0.2, 0) is 10.0 Å². The normalized spacial score (nSPS) is 16.0. The standard InChI is InChI=1S/C17H19FN2O3S/c1-23-17-4-3-14(18)10-15(17)13-9-16(19-11-13)12-5-7-20(8-6-12)24(2,21)22/h3-5,9-11,19H,6-8H2,1-2H3. The Morgan fingerprint density at radius 1 is 1.29 bits per heavy atom. The molecule has 0 radical (unpaired) electrons. The van der Waals surface area contributed by atoms with Gasteiger partial charge in [-0.2, -0.15) is 4.31 Å². The number of hydrogen-bond acceptors (Lipinski definition) is 3. The van der Waals surface area contributed by atoms with Gasteiger partial charge in [0.25, 0.3) is 0 Å². The monoisotopic (exact) mass is 350 g/mol. The van der Waals surface area contributed by atoms with E-state index in [1.54, 1.807) is 19.4 Å². The van der Waals surface area contributed by atoms with Crippen LogP contribution < -0.4 is 4.74 Å². The zero-order valence-corrected chi connectivity index (χ0v) is 14.4. The van der Waals surface area contributed by atoms with Crippen LogP contribution in [0, 0.1) is 5.82 Å². The third-order valence-corrected chi connectivity index (χ3v) is 5.41. The summed E-state index contributed by atoms with van der Waals surface area (Å²) in [5.74, 6) is 0.275. The van der Waals surface area contributed by atoms with Gasteiger partial charge >= 0.3 is 0 Å². The topological polar surface area (TPSA) is 62.4 Å². The van der Waals surface area contributed by atoms with E-state index in [4.69, 9.17) is 4.74 Å². The third-order valence-electron chi connectivity index (χ3n) is 4.14. The van der Waals surface area contributed by atoms with Crippen molar-refractivity contribution in [2.75, 3.05) is 26.5 Å². The first-order valence-electron chi connectivity index (χ1n) is 7.55. The quantitative estimate of drug-likeness (QED) is 0.922. The highest BCUT2D eigenvalue weighted by molar-refractivity contribution is 7.88. The fourth-order valence-electron chi connectivity index (χ4n) is 2.84. The van der Waals surface area contributed by atoms with Crippen LogP contribution in [0.1, 0.15) is 12.1 Å². The van der Waals surface area contributed by atoms with Crippen LogP contribution in [-0.4, -0.2) is 44.2 Å². The molecule has 0 unspecified atom stereocenters. The summed E-state index contributed by atoms with van der Waals surface area (Å²) >= 11 is 0. The largest absolute Gasteiger partial charge is 0.496 e. The van der Waals surface area contributed by atoms with E-state index in [9.17, 15) is 12.8 Å². The molecule has 24 heavy (non-hydrogen) atoms. The molecule has 0 atom stereocenters. The van der Waals surface area contributed by atoms with Crippen LogP contribution in [0.15, 0.2) is 36.5 Å². The second-order valence-corrected chi connectivity index (χ2v) is 7.73. The van der Waals surface area contributed by atoms with Gasteiger partial charge in [-0.1, -0.05) is 6.08 Å². The fraction of sp³-hybridized carbons (Fsp3) is 0.294. The number of benzene rings is 1. The first kappa shape index (κ1) is 16.7. The van der Waals surface area contributed by atoms with Crippen molar-refractivity contribution in [3.8, 4) is 16.9 Å². The van der Waals surface area contributed by atoms with Crippen LogP contribution in [0.25, 0.3) is 16.7 Å². The highest BCUT2D eigenvalue weighted by Crippen LogP contribution is 2.33. The molecular formula is C17H19FN2O3S. The maximum absolute atomic E-state index is 13.5. The Labute approximate surface area is 140 Å². The van der Waals surface area contributed by atoms with E-state index in [2.05, 4.69) is 4.98 Å². The van der Waals surface area contributed by atoms with Gasteiger partial charge in [-0.05, 0) is 36.3 Å². The molecule has 1 aliphatic heterocycles. The minimum atomic E-state index is -3.16. The number of methoxy groups -OCH3 is 1. The molecule has 0 aliphatic carbocycles. The van der Waals surface area contributed by atoms with Crippen molar-refractivity contribution in [1.29, 1.82) is 0 Å². The van der Waals surface area contributed by atoms with Gasteiger partial charge in [-0.3, -0.25) is 0 Å². The number of H-pyrrole nitrogens is 1. The van der Waals surface area contributed by atoms with Gasteiger partial charge in [0, 0.05) is 36.1 Å². The van der Waals surface area contributed by atoms with E-state index in [0.717, 1.165) is 16.8 Å². The van der Waals surface area contributed by atoms with Crippen LogP contribution >= 0.6 is 0 Å². The van der Waals surface area contributed by atoms with E-state index >= 15 is 0 Å². The van der Waals surface area contributed by atoms with Crippen molar-refractivity contribution >= 4 is 15.6 Å². The first-order chi connectivity index (χ1) is 11.4. The number of hydrogen-bond donors (Lipinski definition) is 1. The fourth-order valence-corrected chi connectivity index (χ4v) is 3.61. The number of halogens is 1. The molecule has 0 bridgehead atoms. The Balaban J connectivity index is 1.87. The zero-order chi connectivity index (χ0) is 17.3. The molecule has 0 saturated heterocycles. The van der Waals surface area contributed by atoms with Gasteiger partial charge in [-0.25, -0.2) is 12.8 Å². The lowest BCUT2D eigenvalue weighted by molar-refractivity contribution is 0.415. The molecular weight excluding hydrogens is 331 g/mol. The molecule has 2 aromatic rings. The highest BCUT2D eigenvalue weighted by atomic mass is 32.2. The van der Waals surface area contributed by atoms with E-state index in [-0.39, 0.29) is 5.82 Å². The number of nitrogens with one attached hydrogen (secondary N) is 1. The van der Waals surface area contributed by atoms with Crippen LogP contribution in [0.3, 0.4) is 0 Å². The van der Waals surface area contributed by atoms with Gasteiger partial charge in [0.1, 0.15) is 11.6 Å². The predicted molar refractivity (Wildman–Crippen MR) is 91.7 cm³/mol. The summed E-state index contributed by atoms with van der Waals surface area (Å²) < 4.78 is 43.4. The number of nitrogens with zero attached hydrogens (tertiary/aromatic N) is 1. The molecule has 1 aliphatic rings. The number of sulfonamides is 1. The number of ether oxygens (including phenoxy) is 1. The average Bonchev–Trinajstić information content (AvgIpc) is 3.04. The minimum Gasteiger partial charge on any atom is -0.496 e. The van der Waals surface area contributed by atoms with Crippen molar-refractivity contribution in [3.63, 3.8) is 0 Å². The molecule has 1 aromatic carbocycles. The summed E-state index contributed by atoms with van der Waals surface area (Å²) in [5.41, 5.74) is 3.46. The number of rotatable bonds is 4. The summed E-state index contributed by atoms with van der Waals surface area (Å²) in [4.78, 5) is 3.18. The second-order valence-electron chi connectivity index (χ2n) is 5.75. The Morgan fingerprint density at radius 3 is 2.71 bits per heavy atom. The summed E-state index contributed by atoms with van der Waals surface area (Å²) in [6.45, 7) is 0.827. The van der Waals surface area contributed by atoms with Crippen molar-refractivity contribution < 1.29 is 17.5 Å². The number of aromatic nitrogens is 1. The van der Waals surface area contributed by atoms with Crippen molar-refractivity contribution in [3.05, 3.63) is 48.0 Å². The number of aromatic amines is 1. The van der Waals surface area contributed by atoms with Gasteiger partial charge in [0.15, 0.2) is 0 Å². The molecule has 7 heteroatoms. The minimum absolute atomic E-state index is 0.325. The second kappa shape index (κ2) is 6.41. The Morgan fingerprint density at radius 2 is 2.08 bits per heavy atom. The lowest BCUT2D eigenvalue weighted by Crippen LogP contribution is -2.33. The third kappa shape index (κ3) is 3.37. The Bertz CT molecular complexity index is 887. The van der Waals surface area contributed by atoms with Crippen molar-refractivity contribution in [1.82, 2.24) is 9.29 Å². The van der Waals surface area contributed by atoms with E-state index < -0.39 is 10.0 Å². The lowest BCUT2D eigenvalue weighted by Gasteiger charge is -2.23. The van der Waals surface area contributed by atoms with E-state index in [0.29, 0.717) is 30.8 Å². The summed E-state index contributed by atoms with van der Waals surface area (Å²) in [6.07, 6.45) is 5.56. The zero-order valence-electron chi connectivity index (χ0n) is 13.5. The van der Waals surface area contributed by atoms with Crippen molar-refractivity contribution in [2.45, 2.75) is 6.42 Å². The summed E-state index contributed by atoms with van der Waals surface area (Å²) in [6, 6.07) is 6.33.